The molecule has 1 atom stereocenters. The van der Waals surface area contributed by atoms with Crippen LogP contribution in [0.5, 0.6) is 0 Å². The van der Waals surface area contributed by atoms with E-state index in [9.17, 15) is 18.4 Å². The van der Waals surface area contributed by atoms with Crippen LogP contribution in [-0.4, -0.2) is 23.4 Å². The Bertz CT molecular complexity index is 642. The number of hydrogen-bond acceptors (Lipinski definition) is 3. The predicted molar refractivity (Wildman–Crippen MR) is 68.8 cm³/mol. The number of benzene rings is 1. The molecule has 1 N–H and O–H groups in total. The van der Waals surface area contributed by atoms with Crippen LogP contribution in [0.15, 0.2) is 18.2 Å². The van der Waals surface area contributed by atoms with Crippen LogP contribution in [0.1, 0.15) is 25.3 Å². The van der Waals surface area contributed by atoms with E-state index in [0.717, 1.165) is 17.0 Å². The topological polar surface area (TPSA) is 73.2 Å². The molecule has 1 saturated heterocycles. The van der Waals surface area contributed by atoms with Gasteiger partial charge in [0.15, 0.2) is 0 Å². The minimum absolute atomic E-state index is 0.0800. The van der Waals surface area contributed by atoms with E-state index in [1.54, 1.807) is 0 Å². The maximum absolute atomic E-state index is 13.9. The van der Waals surface area contributed by atoms with Crippen LogP contribution in [0, 0.1) is 23.0 Å². The van der Waals surface area contributed by atoms with Crippen molar-refractivity contribution in [3.8, 4) is 6.07 Å². The number of halogens is 2. The van der Waals surface area contributed by atoms with Crippen molar-refractivity contribution in [1.82, 2.24) is 10.2 Å². The normalized spacial score (nSPS) is 21.3. The molecule has 1 aliphatic rings. The first-order valence-corrected chi connectivity index (χ1v) is 6.36. The van der Waals surface area contributed by atoms with Gasteiger partial charge in [0, 0.05) is 24.6 Å². The number of nitriles is 1. The molecule has 0 saturated carbocycles. The number of rotatable bonds is 4. The average Bonchev–Trinajstić information content (AvgIpc) is 2.62. The van der Waals surface area contributed by atoms with Crippen molar-refractivity contribution in [2.75, 3.05) is 6.54 Å². The van der Waals surface area contributed by atoms with Crippen LogP contribution in [0.2, 0.25) is 0 Å². The first-order valence-electron chi connectivity index (χ1n) is 6.36. The summed E-state index contributed by atoms with van der Waals surface area (Å²) in [6.45, 7) is 1.45. The summed E-state index contributed by atoms with van der Waals surface area (Å²) in [7, 11) is 0. The van der Waals surface area contributed by atoms with Gasteiger partial charge in [0.1, 0.15) is 17.2 Å². The quantitative estimate of drug-likeness (QED) is 0.682. The fourth-order valence-corrected chi connectivity index (χ4v) is 2.29. The Morgan fingerprint density at radius 1 is 1.38 bits per heavy atom. The molecule has 1 aromatic carbocycles. The number of unbranched alkanes of at least 4 members (excludes halogenated alkanes) is 1. The number of amides is 3. The van der Waals surface area contributed by atoms with Gasteiger partial charge in [0.2, 0.25) is 0 Å². The fraction of sp³-hybridized carbons (Fsp3) is 0.357. The number of nitrogens with zero attached hydrogens (tertiary/aromatic N) is 2. The number of carbonyl (C=O) groups is 2. The van der Waals surface area contributed by atoms with E-state index in [1.807, 2.05) is 6.07 Å². The monoisotopic (exact) mass is 293 g/mol. The summed E-state index contributed by atoms with van der Waals surface area (Å²) in [6.07, 6.45) is 0.552. The van der Waals surface area contributed by atoms with Gasteiger partial charge in [-0.25, -0.2) is 13.6 Å². The molecule has 7 heteroatoms. The number of hydrogen-bond donors (Lipinski definition) is 1. The van der Waals surface area contributed by atoms with Crippen LogP contribution >= 0.6 is 0 Å². The summed E-state index contributed by atoms with van der Waals surface area (Å²) in [6, 6.07) is 4.10. The molecule has 21 heavy (non-hydrogen) atoms. The molecule has 0 aromatic heterocycles. The first-order chi connectivity index (χ1) is 9.90. The molecule has 110 valence electrons. The minimum Gasteiger partial charge on any atom is -0.319 e. The Balaban J connectivity index is 2.29. The molecule has 1 aromatic rings. The Labute approximate surface area is 120 Å². The molecule has 1 heterocycles. The smallest absolute Gasteiger partial charge is 0.319 e. The lowest BCUT2D eigenvalue weighted by Gasteiger charge is -2.22. The lowest BCUT2D eigenvalue weighted by molar-refractivity contribution is -0.131. The van der Waals surface area contributed by atoms with E-state index in [2.05, 4.69) is 5.32 Å². The van der Waals surface area contributed by atoms with Gasteiger partial charge in [0.25, 0.3) is 5.91 Å². The maximum atomic E-state index is 13.9. The third kappa shape index (κ3) is 2.57. The molecule has 0 bridgehead atoms. The number of carbonyl (C=O) groups excluding carboxylic acids is 2. The predicted octanol–water partition coefficient (Wildman–Crippen LogP) is 2.04. The third-order valence-electron chi connectivity index (χ3n) is 3.42. The molecular weight excluding hydrogens is 280 g/mol. The zero-order chi connectivity index (χ0) is 15.6. The van der Waals surface area contributed by atoms with Crippen LogP contribution in [-0.2, 0) is 10.3 Å². The van der Waals surface area contributed by atoms with E-state index in [0.29, 0.717) is 12.5 Å². The fourth-order valence-electron chi connectivity index (χ4n) is 2.29. The van der Waals surface area contributed by atoms with Crippen molar-refractivity contribution < 1.29 is 18.4 Å². The van der Waals surface area contributed by atoms with Gasteiger partial charge in [0.05, 0.1) is 6.07 Å². The molecule has 1 unspecified atom stereocenters. The lowest BCUT2D eigenvalue weighted by Crippen LogP contribution is -2.41. The van der Waals surface area contributed by atoms with E-state index >= 15 is 0 Å². The van der Waals surface area contributed by atoms with Gasteiger partial charge in [-0.3, -0.25) is 9.69 Å². The van der Waals surface area contributed by atoms with Gasteiger partial charge in [-0.1, -0.05) is 6.07 Å². The summed E-state index contributed by atoms with van der Waals surface area (Å²) in [5.41, 5.74) is -1.66. The van der Waals surface area contributed by atoms with Gasteiger partial charge in [-0.2, -0.15) is 5.26 Å². The molecule has 0 radical (unpaired) electrons. The molecule has 3 amide bonds. The zero-order valence-electron chi connectivity index (χ0n) is 11.3. The average molecular weight is 293 g/mol. The SMILES string of the molecule is CC1(c2ccc(F)cc2F)NC(=O)N(CCCC#N)C1=O. The van der Waals surface area contributed by atoms with E-state index in [-0.39, 0.29) is 18.5 Å². The molecule has 0 aliphatic carbocycles. The molecular formula is C14H13F2N3O2. The van der Waals surface area contributed by atoms with Gasteiger partial charge in [-0.15, -0.1) is 0 Å². The highest BCUT2D eigenvalue weighted by molar-refractivity contribution is 6.07. The Morgan fingerprint density at radius 3 is 2.71 bits per heavy atom. The lowest BCUT2D eigenvalue weighted by atomic mass is 9.91. The standard InChI is InChI=1S/C14H13F2N3O2/c1-14(10-5-4-9(15)8-11(10)16)12(20)19(13(21)18-14)7-3-2-6-17/h4-5,8H,2-3,7H2,1H3,(H,18,21). The highest BCUT2D eigenvalue weighted by atomic mass is 19.1. The van der Waals surface area contributed by atoms with Crippen molar-refractivity contribution in [2.45, 2.75) is 25.3 Å². The van der Waals surface area contributed by atoms with Crippen molar-refractivity contribution in [2.24, 2.45) is 0 Å². The summed E-state index contributed by atoms with van der Waals surface area (Å²) >= 11 is 0. The van der Waals surface area contributed by atoms with Crippen molar-refractivity contribution >= 4 is 11.9 Å². The summed E-state index contributed by atoms with van der Waals surface area (Å²) < 4.78 is 26.8. The Morgan fingerprint density at radius 2 is 2.10 bits per heavy atom. The highest BCUT2D eigenvalue weighted by Gasteiger charge is 2.49. The van der Waals surface area contributed by atoms with Crippen LogP contribution < -0.4 is 5.32 Å². The number of nitrogens with one attached hydrogen (secondary N) is 1. The highest BCUT2D eigenvalue weighted by Crippen LogP contribution is 2.31. The Kier molecular flexibility index (Phi) is 3.89. The maximum Gasteiger partial charge on any atom is 0.325 e. The van der Waals surface area contributed by atoms with Crippen molar-refractivity contribution in [3.63, 3.8) is 0 Å². The van der Waals surface area contributed by atoms with Gasteiger partial charge in [-0.05, 0) is 19.4 Å². The van der Waals surface area contributed by atoms with Crippen LogP contribution in [0.25, 0.3) is 0 Å². The first kappa shape index (κ1) is 14.9. The van der Waals surface area contributed by atoms with Gasteiger partial charge < -0.3 is 5.32 Å². The van der Waals surface area contributed by atoms with Gasteiger partial charge >= 0.3 is 6.03 Å². The second-order valence-corrected chi connectivity index (χ2v) is 4.90. The summed E-state index contributed by atoms with van der Waals surface area (Å²) in [5.74, 6) is -2.27. The van der Waals surface area contributed by atoms with E-state index < -0.39 is 29.1 Å². The Hall–Kier alpha value is -2.49. The molecule has 0 spiro atoms. The summed E-state index contributed by atoms with van der Waals surface area (Å²) in [5, 5.41) is 10.9. The van der Waals surface area contributed by atoms with Crippen LogP contribution in [0.3, 0.4) is 0 Å². The van der Waals surface area contributed by atoms with Crippen molar-refractivity contribution in [1.29, 1.82) is 5.26 Å². The molecule has 1 fully saturated rings. The molecule has 2 rings (SSSR count). The number of urea groups is 1. The molecule has 5 nitrogen and oxygen atoms in total. The van der Waals surface area contributed by atoms with E-state index in [4.69, 9.17) is 5.26 Å². The zero-order valence-corrected chi connectivity index (χ0v) is 11.3. The van der Waals surface area contributed by atoms with Crippen LogP contribution in [0.4, 0.5) is 13.6 Å². The summed E-state index contributed by atoms with van der Waals surface area (Å²) in [4.78, 5) is 25.2. The second-order valence-electron chi connectivity index (χ2n) is 4.90. The number of imide groups is 1. The van der Waals surface area contributed by atoms with Crippen molar-refractivity contribution in [3.05, 3.63) is 35.4 Å². The third-order valence-corrected chi connectivity index (χ3v) is 3.42. The minimum atomic E-state index is -1.57. The van der Waals surface area contributed by atoms with E-state index in [1.165, 1.54) is 6.92 Å². The molecule has 1 aliphatic heterocycles. The largest absolute Gasteiger partial charge is 0.325 e. The second kappa shape index (κ2) is 5.48.